The molecule has 4 nitrogen and oxygen atoms in total. The summed E-state index contributed by atoms with van der Waals surface area (Å²) in [5, 5.41) is 0. The molecule has 3 rings (SSSR count). The van der Waals surface area contributed by atoms with Crippen molar-refractivity contribution >= 4 is 27.5 Å². The molecule has 20 heavy (non-hydrogen) atoms. The Morgan fingerprint density at radius 3 is 2.90 bits per heavy atom. The second-order valence-corrected chi connectivity index (χ2v) is 7.16. The number of fused-ring (bicyclic) bond motifs is 1. The number of benzene rings is 1. The summed E-state index contributed by atoms with van der Waals surface area (Å²) in [6.07, 6.45) is 4.15. The monoisotopic (exact) mass is 312 g/mol. The van der Waals surface area contributed by atoms with E-state index < -0.39 is 10.0 Å². The third kappa shape index (κ3) is 2.33. The van der Waals surface area contributed by atoms with Crippen molar-refractivity contribution in [3.8, 4) is 0 Å². The normalized spacial score (nSPS) is 24.4. The SMILES string of the molecule is O=S1(=O)N=C(N2CCCCC2CCCl)c2ccccc21. The summed E-state index contributed by atoms with van der Waals surface area (Å²) in [6, 6.07) is 7.35. The molecule has 2 aliphatic heterocycles. The molecule has 2 aliphatic rings. The third-order valence-electron chi connectivity index (χ3n) is 3.95. The van der Waals surface area contributed by atoms with E-state index in [2.05, 4.69) is 9.30 Å². The maximum atomic E-state index is 12.1. The molecule has 0 amide bonds. The first-order valence-corrected chi connectivity index (χ1v) is 8.88. The number of piperidine rings is 1. The van der Waals surface area contributed by atoms with Gasteiger partial charge in [0.2, 0.25) is 0 Å². The second-order valence-electron chi connectivity index (χ2n) is 5.21. The van der Waals surface area contributed by atoms with Crippen molar-refractivity contribution in [2.45, 2.75) is 36.6 Å². The molecule has 1 aromatic carbocycles. The van der Waals surface area contributed by atoms with Gasteiger partial charge in [-0.25, -0.2) is 0 Å². The van der Waals surface area contributed by atoms with E-state index >= 15 is 0 Å². The Bertz CT molecular complexity index is 640. The van der Waals surface area contributed by atoms with Gasteiger partial charge in [0.1, 0.15) is 4.90 Å². The molecule has 108 valence electrons. The topological polar surface area (TPSA) is 49.7 Å². The van der Waals surface area contributed by atoms with Crippen LogP contribution in [0.15, 0.2) is 33.6 Å². The second kappa shape index (κ2) is 5.37. The minimum absolute atomic E-state index is 0.293. The molecule has 1 fully saturated rings. The summed E-state index contributed by atoms with van der Waals surface area (Å²) >= 11 is 5.88. The Morgan fingerprint density at radius 1 is 1.30 bits per heavy atom. The van der Waals surface area contributed by atoms with Crippen molar-refractivity contribution in [3.05, 3.63) is 29.8 Å². The van der Waals surface area contributed by atoms with Crippen LogP contribution in [0.5, 0.6) is 0 Å². The standard InChI is InChI=1S/C14H17ClN2O2S/c15-9-8-11-5-3-4-10-17(11)14-12-6-1-2-7-13(12)20(18,19)16-14/h1-2,6-7,11H,3-5,8-10H2. The van der Waals surface area contributed by atoms with E-state index in [-0.39, 0.29) is 0 Å². The number of nitrogens with zero attached hydrogens (tertiary/aromatic N) is 2. The zero-order valence-electron chi connectivity index (χ0n) is 11.1. The van der Waals surface area contributed by atoms with Crippen molar-refractivity contribution in [2.24, 2.45) is 4.40 Å². The lowest BCUT2D eigenvalue weighted by molar-refractivity contribution is 0.237. The lowest BCUT2D eigenvalue weighted by Gasteiger charge is -2.37. The Morgan fingerprint density at radius 2 is 2.10 bits per heavy atom. The summed E-state index contributed by atoms with van der Waals surface area (Å²) in [5.74, 6) is 1.19. The van der Waals surface area contributed by atoms with Crippen molar-refractivity contribution in [3.63, 3.8) is 0 Å². The third-order valence-corrected chi connectivity index (χ3v) is 5.50. The van der Waals surface area contributed by atoms with Crippen LogP contribution in [0.2, 0.25) is 0 Å². The average Bonchev–Trinajstić information content (AvgIpc) is 2.72. The molecular weight excluding hydrogens is 296 g/mol. The summed E-state index contributed by atoms with van der Waals surface area (Å²) in [6.45, 7) is 0.851. The van der Waals surface area contributed by atoms with Gasteiger partial charge in [-0.3, -0.25) is 0 Å². The highest BCUT2D eigenvalue weighted by molar-refractivity contribution is 7.90. The van der Waals surface area contributed by atoms with Crippen LogP contribution in [0, 0.1) is 0 Å². The van der Waals surface area contributed by atoms with Crippen molar-refractivity contribution in [2.75, 3.05) is 12.4 Å². The van der Waals surface area contributed by atoms with Crippen LogP contribution >= 0.6 is 11.6 Å². The number of hydrogen-bond acceptors (Lipinski definition) is 3. The molecular formula is C14H17ClN2O2S. The van der Waals surface area contributed by atoms with E-state index in [1.165, 1.54) is 6.42 Å². The zero-order valence-corrected chi connectivity index (χ0v) is 12.7. The van der Waals surface area contributed by atoms with Gasteiger partial charge in [0.15, 0.2) is 5.84 Å². The smallest absolute Gasteiger partial charge is 0.285 e. The highest BCUT2D eigenvalue weighted by Gasteiger charge is 2.34. The van der Waals surface area contributed by atoms with Crippen LogP contribution in [0.25, 0.3) is 0 Å². The van der Waals surface area contributed by atoms with E-state index in [9.17, 15) is 8.42 Å². The Hall–Kier alpha value is -1.07. The summed E-state index contributed by atoms with van der Waals surface area (Å²) < 4.78 is 28.3. The molecule has 2 heterocycles. The minimum Gasteiger partial charge on any atom is -0.352 e. The maximum absolute atomic E-state index is 12.1. The maximum Gasteiger partial charge on any atom is 0.285 e. The fourth-order valence-corrected chi connectivity index (χ4v) is 4.47. The Labute approximate surface area is 124 Å². The van der Waals surface area contributed by atoms with Gasteiger partial charge in [0, 0.05) is 24.0 Å². The van der Waals surface area contributed by atoms with E-state index in [1.54, 1.807) is 12.1 Å². The lowest BCUT2D eigenvalue weighted by atomic mass is 9.98. The van der Waals surface area contributed by atoms with Gasteiger partial charge in [-0.2, -0.15) is 8.42 Å². The van der Waals surface area contributed by atoms with Gasteiger partial charge in [0.25, 0.3) is 10.0 Å². The van der Waals surface area contributed by atoms with Crippen LogP contribution < -0.4 is 0 Å². The predicted molar refractivity (Wildman–Crippen MR) is 79.8 cm³/mol. The molecule has 0 aliphatic carbocycles. The van der Waals surface area contributed by atoms with E-state index in [1.807, 2.05) is 12.1 Å². The summed E-state index contributed by atoms with van der Waals surface area (Å²) in [4.78, 5) is 2.46. The number of amidine groups is 1. The van der Waals surface area contributed by atoms with Crippen LogP contribution in [0.4, 0.5) is 0 Å². The number of hydrogen-bond donors (Lipinski definition) is 0. The largest absolute Gasteiger partial charge is 0.352 e. The molecule has 6 heteroatoms. The molecule has 1 aromatic rings. The van der Waals surface area contributed by atoms with Crippen LogP contribution in [0.3, 0.4) is 0 Å². The predicted octanol–water partition coefficient (Wildman–Crippen LogP) is 2.62. The van der Waals surface area contributed by atoms with Crippen molar-refractivity contribution in [1.29, 1.82) is 0 Å². The number of alkyl halides is 1. The molecule has 1 saturated heterocycles. The first kappa shape index (κ1) is 13.9. The number of halogens is 1. The highest BCUT2D eigenvalue weighted by Crippen LogP contribution is 2.31. The quantitative estimate of drug-likeness (QED) is 0.789. The molecule has 1 unspecified atom stereocenters. The van der Waals surface area contributed by atoms with E-state index in [0.717, 1.165) is 31.4 Å². The fraction of sp³-hybridized carbons (Fsp3) is 0.500. The summed E-state index contributed by atoms with van der Waals surface area (Å²) in [5.41, 5.74) is 0.731. The molecule has 0 spiro atoms. The molecule has 0 saturated carbocycles. The van der Waals surface area contributed by atoms with Gasteiger partial charge in [-0.1, -0.05) is 12.1 Å². The molecule has 1 atom stereocenters. The van der Waals surface area contributed by atoms with Gasteiger partial charge in [-0.05, 0) is 37.8 Å². The highest BCUT2D eigenvalue weighted by atomic mass is 35.5. The van der Waals surface area contributed by atoms with Gasteiger partial charge in [-0.15, -0.1) is 16.0 Å². The fourth-order valence-electron chi connectivity index (χ4n) is 3.00. The van der Waals surface area contributed by atoms with Gasteiger partial charge < -0.3 is 4.90 Å². The van der Waals surface area contributed by atoms with Crippen molar-refractivity contribution in [1.82, 2.24) is 4.90 Å². The Balaban J connectivity index is 2.01. The Kier molecular flexibility index (Phi) is 3.73. The number of likely N-dealkylation sites (tertiary alicyclic amines) is 1. The lowest BCUT2D eigenvalue weighted by Crippen LogP contribution is -2.43. The van der Waals surface area contributed by atoms with Crippen LogP contribution in [0.1, 0.15) is 31.2 Å². The van der Waals surface area contributed by atoms with Gasteiger partial charge >= 0.3 is 0 Å². The molecule has 0 bridgehead atoms. The average molecular weight is 313 g/mol. The molecule has 0 aromatic heterocycles. The minimum atomic E-state index is -3.53. The van der Waals surface area contributed by atoms with Crippen molar-refractivity contribution < 1.29 is 8.42 Å². The van der Waals surface area contributed by atoms with Crippen LogP contribution in [-0.2, 0) is 10.0 Å². The molecule has 0 N–H and O–H groups in total. The van der Waals surface area contributed by atoms with Crippen LogP contribution in [-0.4, -0.2) is 37.6 Å². The van der Waals surface area contributed by atoms with E-state index in [4.69, 9.17) is 11.6 Å². The summed E-state index contributed by atoms with van der Waals surface area (Å²) in [7, 11) is -3.53. The first-order chi connectivity index (χ1) is 9.63. The number of sulfonamides is 1. The first-order valence-electron chi connectivity index (χ1n) is 6.90. The number of rotatable bonds is 2. The van der Waals surface area contributed by atoms with Gasteiger partial charge in [0.05, 0.1) is 0 Å². The zero-order chi connectivity index (χ0) is 14.2. The van der Waals surface area contributed by atoms with E-state index in [0.29, 0.717) is 22.7 Å². The molecule has 0 radical (unpaired) electrons.